The van der Waals surface area contributed by atoms with Gasteiger partial charge in [0.1, 0.15) is 6.54 Å². The van der Waals surface area contributed by atoms with Gasteiger partial charge >= 0.3 is 0 Å². The summed E-state index contributed by atoms with van der Waals surface area (Å²) in [6, 6.07) is 9.47. The molecule has 0 radical (unpaired) electrons. The fraction of sp³-hybridized carbons (Fsp3) is 0.167. The number of carbonyl (C=O) groups is 3. The molecule has 0 unspecified atom stereocenters. The van der Waals surface area contributed by atoms with Gasteiger partial charge in [-0.1, -0.05) is 18.2 Å². The molecule has 0 atom stereocenters. The number of aryl methyl sites for hydroxylation is 2. The van der Waals surface area contributed by atoms with Crippen molar-refractivity contribution >= 4 is 51.9 Å². The number of thioether (sulfide) groups is 1. The molecule has 3 rings (SSSR count). The largest absolute Gasteiger partial charge is 0.324 e. The lowest BCUT2D eigenvalue weighted by Crippen LogP contribution is -2.36. The Morgan fingerprint density at radius 1 is 1.24 bits per heavy atom. The first-order valence-electron chi connectivity index (χ1n) is 7.60. The van der Waals surface area contributed by atoms with Crippen LogP contribution in [0.4, 0.5) is 10.5 Å². The summed E-state index contributed by atoms with van der Waals surface area (Å²) in [6.07, 6.45) is 1.68. The predicted octanol–water partition coefficient (Wildman–Crippen LogP) is 4.04. The SMILES string of the molecule is Cc1ccc(C)c(NC(=O)CN2C(=O)S/C(=C\c3cccs3)C2=O)c1. The maximum atomic E-state index is 12.4. The van der Waals surface area contributed by atoms with Gasteiger partial charge in [-0.15, -0.1) is 11.3 Å². The molecule has 1 aromatic carbocycles. The highest BCUT2D eigenvalue weighted by molar-refractivity contribution is 8.18. The summed E-state index contributed by atoms with van der Waals surface area (Å²) in [6.45, 7) is 3.53. The van der Waals surface area contributed by atoms with Gasteiger partial charge in [-0.2, -0.15) is 0 Å². The van der Waals surface area contributed by atoms with Crippen LogP contribution in [0.5, 0.6) is 0 Å². The molecule has 1 aliphatic rings. The maximum Gasteiger partial charge on any atom is 0.294 e. The monoisotopic (exact) mass is 372 g/mol. The van der Waals surface area contributed by atoms with Crippen molar-refractivity contribution in [3.05, 3.63) is 56.6 Å². The van der Waals surface area contributed by atoms with Gasteiger partial charge in [-0.05, 0) is 60.3 Å². The van der Waals surface area contributed by atoms with E-state index in [1.54, 1.807) is 6.08 Å². The van der Waals surface area contributed by atoms with E-state index in [1.807, 2.05) is 49.6 Å². The van der Waals surface area contributed by atoms with E-state index >= 15 is 0 Å². The van der Waals surface area contributed by atoms with Gasteiger partial charge in [-0.3, -0.25) is 19.3 Å². The Labute approximate surface area is 153 Å². The molecule has 7 heteroatoms. The maximum absolute atomic E-state index is 12.4. The van der Waals surface area contributed by atoms with Crippen LogP contribution in [0.1, 0.15) is 16.0 Å². The molecule has 3 amide bonds. The van der Waals surface area contributed by atoms with Crippen molar-refractivity contribution in [3.63, 3.8) is 0 Å². The molecule has 5 nitrogen and oxygen atoms in total. The van der Waals surface area contributed by atoms with Crippen molar-refractivity contribution in [2.45, 2.75) is 13.8 Å². The standard InChI is InChI=1S/C18H16N2O3S2/c1-11-5-6-12(2)14(8-11)19-16(21)10-20-17(22)15(25-18(20)23)9-13-4-3-7-24-13/h3-9H,10H2,1-2H3,(H,19,21)/b15-9-. The molecule has 1 N–H and O–H groups in total. The van der Waals surface area contributed by atoms with Gasteiger partial charge in [0, 0.05) is 10.6 Å². The third-order valence-corrected chi connectivity index (χ3v) is 5.39. The average Bonchev–Trinajstić information content (AvgIpc) is 3.15. The van der Waals surface area contributed by atoms with Crippen molar-refractivity contribution in [1.82, 2.24) is 4.90 Å². The van der Waals surface area contributed by atoms with Crippen molar-refractivity contribution in [2.75, 3.05) is 11.9 Å². The molecule has 25 heavy (non-hydrogen) atoms. The van der Waals surface area contributed by atoms with E-state index in [0.29, 0.717) is 10.6 Å². The average molecular weight is 372 g/mol. The van der Waals surface area contributed by atoms with E-state index in [9.17, 15) is 14.4 Å². The van der Waals surface area contributed by atoms with Crippen LogP contribution in [0.2, 0.25) is 0 Å². The molecule has 0 saturated carbocycles. The summed E-state index contributed by atoms with van der Waals surface area (Å²) in [5.41, 5.74) is 2.63. The molecule has 1 saturated heterocycles. The van der Waals surface area contributed by atoms with Crippen molar-refractivity contribution in [3.8, 4) is 0 Å². The Bertz CT molecular complexity index is 872. The molecule has 2 heterocycles. The Hall–Kier alpha value is -2.38. The molecule has 0 bridgehead atoms. The number of hydrogen-bond acceptors (Lipinski definition) is 5. The van der Waals surface area contributed by atoms with Gasteiger partial charge < -0.3 is 5.32 Å². The normalized spacial score (nSPS) is 15.9. The second kappa shape index (κ2) is 7.25. The Kier molecular flexibility index (Phi) is 5.06. The lowest BCUT2D eigenvalue weighted by molar-refractivity contribution is -0.127. The molecular formula is C18H16N2O3S2. The summed E-state index contributed by atoms with van der Waals surface area (Å²) in [4.78, 5) is 38.9. The zero-order valence-corrected chi connectivity index (χ0v) is 15.4. The fourth-order valence-electron chi connectivity index (χ4n) is 2.34. The second-order valence-electron chi connectivity index (χ2n) is 5.65. The van der Waals surface area contributed by atoms with Crippen LogP contribution in [-0.4, -0.2) is 28.5 Å². The van der Waals surface area contributed by atoms with Crippen LogP contribution in [0, 0.1) is 13.8 Å². The minimum atomic E-state index is -0.431. The first kappa shape index (κ1) is 17.4. The van der Waals surface area contributed by atoms with Gasteiger partial charge in [0.05, 0.1) is 4.91 Å². The minimum absolute atomic E-state index is 0.292. The molecule has 128 valence electrons. The highest BCUT2D eigenvalue weighted by atomic mass is 32.2. The number of nitrogens with one attached hydrogen (secondary N) is 1. The number of thiophene rings is 1. The van der Waals surface area contributed by atoms with Crippen molar-refractivity contribution < 1.29 is 14.4 Å². The highest BCUT2D eigenvalue weighted by Gasteiger charge is 2.36. The van der Waals surface area contributed by atoms with Gasteiger partial charge in [-0.25, -0.2) is 0 Å². The summed E-state index contributed by atoms with van der Waals surface area (Å²) < 4.78 is 0. The van der Waals surface area contributed by atoms with E-state index in [2.05, 4.69) is 5.32 Å². The summed E-state index contributed by atoms with van der Waals surface area (Å²) in [5.74, 6) is -0.826. The molecule has 2 aromatic rings. The van der Waals surface area contributed by atoms with Crippen LogP contribution >= 0.6 is 23.1 Å². The lowest BCUT2D eigenvalue weighted by Gasteiger charge is -2.14. The van der Waals surface area contributed by atoms with Gasteiger partial charge in [0.2, 0.25) is 5.91 Å². The van der Waals surface area contributed by atoms with E-state index in [1.165, 1.54) is 11.3 Å². The van der Waals surface area contributed by atoms with Gasteiger partial charge in [0.15, 0.2) is 0 Å². The zero-order valence-electron chi connectivity index (χ0n) is 13.7. The number of carbonyl (C=O) groups excluding carboxylic acids is 3. The third-order valence-electron chi connectivity index (χ3n) is 3.66. The molecule has 1 fully saturated rings. The summed E-state index contributed by atoms with van der Waals surface area (Å²) in [7, 11) is 0. The van der Waals surface area contributed by atoms with Crippen LogP contribution in [-0.2, 0) is 9.59 Å². The van der Waals surface area contributed by atoms with Crippen molar-refractivity contribution in [1.29, 1.82) is 0 Å². The Morgan fingerprint density at radius 3 is 2.76 bits per heavy atom. The van der Waals surface area contributed by atoms with Crippen LogP contribution < -0.4 is 5.32 Å². The van der Waals surface area contributed by atoms with E-state index in [4.69, 9.17) is 0 Å². The topological polar surface area (TPSA) is 66.5 Å². The van der Waals surface area contributed by atoms with Crippen molar-refractivity contribution in [2.24, 2.45) is 0 Å². The molecular weight excluding hydrogens is 356 g/mol. The Balaban J connectivity index is 1.70. The fourth-order valence-corrected chi connectivity index (χ4v) is 3.90. The highest BCUT2D eigenvalue weighted by Crippen LogP contribution is 2.32. The number of rotatable bonds is 4. The van der Waals surface area contributed by atoms with E-state index < -0.39 is 17.1 Å². The number of anilines is 1. The zero-order chi connectivity index (χ0) is 18.0. The molecule has 0 spiro atoms. The first-order valence-corrected chi connectivity index (χ1v) is 9.29. The lowest BCUT2D eigenvalue weighted by atomic mass is 10.1. The minimum Gasteiger partial charge on any atom is -0.324 e. The molecule has 1 aromatic heterocycles. The Morgan fingerprint density at radius 2 is 2.04 bits per heavy atom. The number of hydrogen-bond donors (Lipinski definition) is 1. The number of imide groups is 1. The van der Waals surface area contributed by atoms with Gasteiger partial charge in [0.25, 0.3) is 11.1 Å². The van der Waals surface area contributed by atoms with Crippen LogP contribution in [0.3, 0.4) is 0 Å². The molecule has 1 aliphatic heterocycles. The summed E-state index contributed by atoms with van der Waals surface area (Å²) >= 11 is 2.34. The summed E-state index contributed by atoms with van der Waals surface area (Å²) in [5, 5.41) is 4.24. The number of benzene rings is 1. The van der Waals surface area contributed by atoms with E-state index in [-0.39, 0.29) is 6.54 Å². The smallest absolute Gasteiger partial charge is 0.294 e. The number of nitrogens with zero attached hydrogens (tertiary/aromatic N) is 1. The molecule has 0 aliphatic carbocycles. The van der Waals surface area contributed by atoms with Crippen LogP contribution in [0.25, 0.3) is 6.08 Å². The first-order chi connectivity index (χ1) is 11.9. The third kappa shape index (κ3) is 4.00. The number of amides is 3. The second-order valence-corrected chi connectivity index (χ2v) is 7.62. The van der Waals surface area contributed by atoms with Crippen LogP contribution in [0.15, 0.2) is 40.6 Å². The van der Waals surface area contributed by atoms with E-state index in [0.717, 1.165) is 32.7 Å². The predicted molar refractivity (Wildman–Crippen MR) is 102 cm³/mol. The quantitative estimate of drug-likeness (QED) is 0.823.